The Balaban J connectivity index is 3.31. The molecule has 0 bridgehead atoms. The molecule has 0 unspecified atom stereocenters. The van der Waals surface area contributed by atoms with Crippen LogP contribution in [0.15, 0.2) is 25.3 Å². The van der Waals surface area contributed by atoms with Gasteiger partial charge in [0.1, 0.15) is 0 Å². The summed E-state index contributed by atoms with van der Waals surface area (Å²) < 4.78 is 10.1. The van der Waals surface area contributed by atoms with Crippen LogP contribution in [0.4, 0.5) is 0 Å². The molecule has 0 amide bonds. The van der Waals surface area contributed by atoms with E-state index in [1.165, 1.54) is 0 Å². The first kappa shape index (κ1) is 20.3. The lowest BCUT2D eigenvalue weighted by molar-refractivity contribution is -0.146. The highest BCUT2D eigenvalue weighted by Crippen LogP contribution is 1.95. The summed E-state index contributed by atoms with van der Waals surface area (Å²) in [5, 5.41) is 6.05. The third-order valence-electron chi connectivity index (χ3n) is 2.65. The van der Waals surface area contributed by atoms with E-state index >= 15 is 0 Å². The summed E-state index contributed by atoms with van der Waals surface area (Å²) in [5.74, 6) is -0.441. The minimum absolute atomic E-state index is 0.221. The molecule has 22 heavy (non-hydrogen) atoms. The van der Waals surface area contributed by atoms with Crippen LogP contribution in [-0.2, 0) is 19.1 Å². The van der Waals surface area contributed by atoms with Crippen LogP contribution >= 0.6 is 0 Å². The monoisotopic (exact) mass is 312 g/mol. The topological polar surface area (TPSA) is 76.7 Å². The zero-order valence-electron chi connectivity index (χ0n) is 13.3. The first-order valence-electron chi connectivity index (χ1n) is 7.65. The number of nitrogens with one attached hydrogen (secondary N) is 2. The van der Waals surface area contributed by atoms with E-state index in [1.807, 2.05) is 0 Å². The van der Waals surface area contributed by atoms with E-state index in [1.54, 1.807) is 12.2 Å². The normalized spacial score (nSPS) is 10.0. The number of hydrogen-bond donors (Lipinski definition) is 2. The summed E-state index contributed by atoms with van der Waals surface area (Å²) in [4.78, 5) is 22.7. The summed E-state index contributed by atoms with van der Waals surface area (Å²) in [6.07, 6.45) is 5.55. The maximum Gasteiger partial charge on any atom is 0.307 e. The Morgan fingerprint density at radius 3 is 1.59 bits per heavy atom. The van der Waals surface area contributed by atoms with Crippen molar-refractivity contribution in [3.05, 3.63) is 25.3 Å². The lowest BCUT2D eigenvalue weighted by Gasteiger charge is -2.06. The van der Waals surface area contributed by atoms with Gasteiger partial charge in [0.15, 0.2) is 0 Å². The highest BCUT2D eigenvalue weighted by Gasteiger charge is 2.03. The van der Waals surface area contributed by atoms with Crippen molar-refractivity contribution in [2.24, 2.45) is 0 Å². The fraction of sp³-hybridized carbons (Fsp3) is 0.625. The molecule has 0 heterocycles. The average molecular weight is 312 g/mol. The van der Waals surface area contributed by atoms with Crippen molar-refractivity contribution in [2.75, 3.05) is 39.4 Å². The summed E-state index contributed by atoms with van der Waals surface area (Å²) >= 11 is 0. The van der Waals surface area contributed by atoms with Gasteiger partial charge in [0.2, 0.25) is 0 Å². The molecule has 126 valence electrons. The van der Waals surface area contributed by atoms with Crippen molar-refractivity contribution in [3.8, 4) is 0 Å². The molecule has 6 nitrogen and oxygen atoms in total. The van der Waals surface area contributed by atoms with Gasteiger partial charge in [-0.25, -0.2) is 0 Å². The largest absolute Gasteiger partial charge is 0.466 e. The third kappa shape index (κ3) is 14.7. The van der Waals surface area contributed by atoms with Crippen molar-refractivity contribution in [1.29, 1.82) is 0 Å². The van der Waals surface area contributed by atoms with Crippen LogP contribution in [0.2, 0.25) is 0 Å². The van der Waals surface area contributed by atoms with E-state index < -0.39 is 0 Å². The second kappa shape index (κ2) is 15.7. The van der Waals surface area contributed by atoms with Crippen LogP contribution in [0.1, 0.15) is 25.7 Å². The van der Waals surface area contributed by atoms with E-state index in [-0.39, 0.29) is 11.9 Å². The maximum absolute atomic E-state index is 11.3. The molecule has 6 heteroatoms. The zero-order valence-corrected chi connectivity index (χ0v) is 13.3. The van der Waals surface area contributed by atoms with E-state index in [0.717, 1.165) is 0 Å². The molecule has 0 spiro atoms. The van der Waals surface area contributed by atoms with Crippen LogP contribution in [-0.4, -0.2) is 51.3 Å². The molecular formula is C16H28N2O4. The Morgan fingerprint density at radius 1 is 0.818 bits per heavy atom. The van der Waals surface area contributed by atoms with Gasteiger partial charge in [0.25, 0.3) is 0 Å². The van der Waals surface area contributed by atoms with Crippen LogP contribution < -0.4 is 10.6 Å². The Morgan fingerprint density at radius 2 is 1.23 bits per heavy atom. The summed E-state index contributed by atoms with van der Waals surface area (Å²) in [6.45, 7) is 10.4. The molecule has 0 aliphatic rings. The molecule has 0 radical (unpaired) electrons. The van der Waals surface area contributed by atoms with Gasteiger partial charge in [-0.3, -0.25) is 9.59 Å². The van der Waals surface area contributed by atoms with Gasteiger partial charge in [0, 0.05) is 26.2 Å². The van der Waals surface area contributed by atoms with E-state index in [2.05, 4.69) is 23.8 Å². The van der Waals surface area contributed by atoms with Gasteiger partial charge >= 0.3 is 11.9 Å². The van der Waals surface area contributed by atoms with E-state index in [0.29, 0.717) is 65.1 Å². The predicted octanol–water partition coefficient (Wildman–Crippen LogP) is 1.18. The van der Waals surface area contributed by atoms with Gasteiger partial charge in [0.05, 0.1) is 26.1 Å². The molecule has 0 atom stereocenters. The number of unbranched alkanes of at least 4 members (excludes halogenated alkanes) is 1. The number of carbonyl (C=O) groups excluding carboxylic acids is 2. The van der Waals surface area contributed by atoms with Crippen LogP contribution in [0, 0.1) is 0 Å². The predicted molar refractivity (Wildman–Crippen MR) is 86.5 cm³/mol. The van der Waals surface area contributed by atoms with Gasteiger partial charge in [-0.1, -0.05) is 12.2 Å². The molecule has 0 aromatic rings. The summed E-state index contributed by atoms with van der Waals surface area (Å²) in [7, 11) is 0. The molecule has 0 saturated heterocycles. The lowest BCUT2D eigenvalue weighted by Crippen LogP contribution is -2.20. The fourth-order valence-corrected chi connectivity index (χ4v) is 1.51. The van der Waals surface area contributed by atoms with E-state index in [9.17, 15) is 9.59 Å². The number of ether oxygens (including phenoxy) is 2. The highest BCUT2D eigenvalue weighted by atomic mass is 16.5. The van der Waals surface area contributed by atoms with Crippen LogP contribution in [0.25, 0.3) is 0 Å². The van der Waals surface area contributed by atoms with Gasteiger partial charge < -0.3 is 20.1 Å². The van der Waals surface area contributed by atoms with Crippen molar-refractivity contribution < 1.29 is 19.1 Å². The molecule has 2 N–H and O–H groups in total. The molecule has 0 saturated carbocycles. The summed E-state index contributed by atoms with van der Waals surface area (Å²) in [6, 6.07) is 0. The molecular weight excluding hydrogens is 284 g/mol. The van der Waals surface area contributed by atoms with Gasteiger partial charge in [-0.2, -0.15) is 0 Å². The molecule has 0 aromatic heterocycles. The highest BCUT2D eigenvalue weighted by molar-refractivity contribution is 5.69. The minimum atomic E-state index is -0.221. The Bertz CT molecular complexity index is 300. The average Bonchev–Trinajstić information content (AvgIpc) is 2.51. The molecule has 0 aliphatic carbocycles. The van der Waals surface area contributed by atoms with E-state index in [4.69, 9.17) is 9.47 Å². The molecule has 0 fully saturated rings. The number of rotatable bonds is 15. The molecule has 0 aromatic carbocycles. The van der Waals surface area contributed by atoms with Crippen molar-refractivity contribution in [3.63, 3.8) is 0 Å². The Kier molecular flexibility index (Phi) is 14.5. The number of esters is 2. The Labute approximate surface area is 132 Å². The van der Waals surface area contributed by atoms with Gasteiger partial charge in [-0.15, -0.1) is 13.2 Å². The minimum Gasteiger partial charge on any atom is -0.466 e. The maximum atomic E-state index is 11.3. The summed E-state index contributed by atoms with van der Waals surface area (Å²) in [5.41, 5.74) is 0. The van der Waals surface area contributed by atoms with Crippen molar-refractivity contribution in [1.82, 2.24) is 10.6 Å². The smallest absolute Gasteiger partial charge is 0.307 e. The lowest BCUT2D eigenvalue weighted by atomic mass is 10.3. The number of carbonyl (C=O) groups is 2. The first-order chi connectivity index (χ1) is 10.7. The van der Waals surface area contributed by atoms with Crippen molar-refractivity contribution >= 4 is 11.9 Å². The van der Waals surface area contributed by atoms with Crippen LogP contribution in [0.5, 0.6) is 0 Å². The third-order valence-corrected chi connectivity index (χ3v) is 2.65. The second-order valence-corrected chi connectivity index (χ2v) is 4.63. The Hall–Kier alpha value is -1.66. The first-order valence-corrected chi connectivity index (χ1v) is 7.65. The quantitative estimate of drug-likeness (QED) is 0.269. The number of hydrogen-bond acceptors (Lipinski definition) is 6. The van der Waals surface area contributed by atoms with Crippen molar-refractivity contribution in [2.45, 2.75) is 25.7 Å². The van der Waals surface area contributed by atoms with Crippen LogP contribution in [0.3, 0.4) is 0 Å². The zero-order chi connectivity index (χ0) is 16.5. The standard InChI is InChI=1S/C16H28N2O4/c1-3-9-17-11-7-15(19)21-13-5-6-14-22-16(20)8-12-18-10-4-2/h3-4,17-18H,1-2,5-14H2. The molecule has 0 rings (SSSR count). The SMILES string of the molecule is C=CCNCCC(=O)OCCCCOC(=O)CCNCC=C. The fourth-order valence-electron chi connectivity index (χ4n) is 1.51. The second-order valence-electron chi connectivity index (χ2n) is 4.63. The molecule has 0 aliphatic heterocycles. The van der Waals surface area contributed by atoms with Gasteiger partial charge in [-0.05, 0) is 12.8 Å².